The summed E-state index contributed by atoms with van der Waals surface area (Å²) in [5, 5.41) is 4.49. The third kappa shape index (κ3) is 4.15. The first kappa shape index (κ1) is 23.4. The molecule has 0 saturated carbocycles. The number of carbonyl (C=O) groups is 3. The Bertz CT molecular complexity index is 1300. The predicted molar refractivity (Wildman–Crippen MR) is 131 cm³/mol. The first-order valence-corrected chi connectivity index (χ1v) is 11.8. The van der Waals surface area contributed by atoms with Crippen LogP contribution in [-0.2, 0) is 15.9 Å². The number of amides is 2. The van der Waals surface area contributed by atoms with E-state index in [0.717, 1.165) is 6.42 Å². The summed E-state index contributed by atoms with van der Waals surface area (Å²) in [7, 11) is 1.57. The number of cyclic esters (lactones) is 1. The van der Waals surface area contributed by atoms with E-state index in [1.54, 1.807) is 72.4 Å². The van der Waals surface area contributed by atoms with Crippen LogP contribution in [0.3, 0.4) is 0 Å². The van der Waals surface area contributed by atoms with Gasteiger partial charge >= 0.3 is 12.1 Å². The van der Waals surface area contributed by atoms with Crippen LogP contribution in [-0.4, -0.2) is 61.2 Å². The molecule has 2 aromatic carbocycles. The zero-order valence-electron chi connectivity index (χ0n) is 20.1. The highest BCUT2D eigenvalue weighted by Gasteiger charge is 2.35. The van der Waals surface area contributed by atoms with Gasteiger partial charge in [0.05, 0.1) is 26.0 Å². The van der Waals surface area contributed by atoms with Gasteiger partial charge in [0.1, 0.15) is 11.4 Å². The van der Waals surface area contributed by atoms with Crippen LogP contribution < -0.4 is 14.5 Å². The second-order valence-corrected chi connectivity index (χ2v) is 8.35. The number of fused-ring (bicyclic) bond motifs is 1. The smallest absolute Gasteiger partial charge is 0.414 e. The highest BCUT2D eigenvalue weighted by atomic mass is 16.6. The van der Waals surface area contributed by atoms with Gasteiger partial charge in [0.2, 0.25) is 0 Å². The van der Waals surface area contributed by atoms with Gasteiger partial charge in [-0.15, -0.1) is 0 Å². The van der Waals surface area contributed by atoms with Crippen LogP contribution in [0.15, 0.2) is 48.5 Å². The lowest BCUT2D eigenvalue weighted by atomic mass is 10.0. The van der Waals surface area contributed by atoms with E-state index in [-0.39, 0.29) is 24.3 Å². The molecule has 0 spiro atoms. The van der Waals surface area contributed by atoms with Crippen molar-refractivity contribution in [2.24, 2.45) is 0 Å². The molecule has 5 rings (SSSR count). The quantitative estimate of drug-likeness (QED) is 0.486. The van der Waals surface area contributed by atoms with Gasteiger partial charge < -0.3 is 19.1 Å². The van der Waals surface area contributed by atoms with E-state index >= 15 is 0 Å². The number of nitrogens with zero attached hydrogens (tertiary/aromatic N) is 4. The molecule has 1 fully saturated rings. The van der Waals surface area contributed by atoms with Crippen LogP contribution in [0.1, 0.15) is 39.9 Å². The largest absolute Gasteiger partial charge is 0.497 e. The maximum Gasteiger partial charge on any atom is 0.414 e. The van der Waals surface area contributed by atoms with Gasteiger partial charge in [-0.25, -0.2) is 14.3 Å². The van der Waals surface area contributed by atoms with Gasteiger partial charge in [-0.05, 0) is 68.3 Å². The molecule has 36 heavy (non-hydrogen) atoms. The van der Waals surface area contributed by atoms with E-state index in [0.29, 0.717) is 60.2 Å². The summed E-state index contributed by atoms with van der Waals surface area (Å²) >= 11 is 0. The number of hydrogen-bond acceptors (Lipinski definition) is 7. The number of ether oxygens (including phenoxy) is 3. The van der Waals surface area contributed by atoms with E-state index in [9.17, 15) is 14.4 Å². The van der Waals surface area contributed by atoms with Crippen LogP contribution in [0.5, 0.6) is 5.75 Å². The molecule has 2 aliphatic rings. The standard InChI is InChI=1S/C26H26N4O6/c1-3-35-25(32)22-21-13-15-28(17-5-7-18(8-6-17)29-14-4-16-36-26(29)33)24(31)23(21)30(27-22)19-9-11-20(34-2)12-10-19/h5-12H,3-4,13-16H2,1-2H3. The maximum absolute atomic E-state index is 13.8. The van der Waals surface area contributed by atoms with Gasteiger partial charge in [0, 0.05) is 30.0 Å². The molecule has 10 nitrogen and oxygen atoms in total. The average molecular weight is 491 g/mol. The summed E-state index contributed by atoms with van der Waals surface area (Å²) in [5.74, 6) is -0.170. The molecule has 2 aliphatic heterocycles. The van der Waals surface area contributed by atoms with Gasteiger partial charge in [-0.3, -0.25) is 9.69 Å². The van der Waals surface area contributed by atoms with E-state index < -0.39 is 5.97 Å². The Morgan fingerprint density at radius 2 is 1.64 bits per heavy atom. The Morgan fingerprint density at radius 3 is 2.28 bits per heavy atom. The van der Waals surface area contributed by atoms with Crippen molar-refractivity contribution in [1.82, 2.24) is 9.78 Å². The molecular formula is C26H26N4O6. The topological polar surface area (TPSA) is 103 Å². The van der Waals surface area contributed by atoms with Gasteiger partial charge in [0.25, 0.3) is 5.91 Å². The number of carbonyl (C=O) groups excluding carboxylic acids is 3. The lowest BCUT2D eigenvalue weighted by molar-refractivity contribution is 0.0517. The molecule has 2 amide bonds. The number of methoxy groups -OCH3 is 1. The number of esters is 1. The summed E-state index contributed by atoms with van der Waals surface area (Å²) in [6.07, 6.45) is 0.826. The minimum atomic E-state index is -0.556. The molecular weight excluding hydrogens is 464 g/mol. The molecule has 3 heterocycles. The summed E-state index contributed by atoms with van der Waals surface area (Å²) in [5.41, 5.74) is 3.05. The Balaban J connectivity index is 1.50. The fourth-order valence-corrected chi connectivity index (χ4v) is 4.48. The summed E-state index contributed by atoms with van der Waals surface area (Å²) in [4.78, 5) is 41.7. The molecule has 0 atom stereocenters. The second-order valence-electron chi connectivity index (χ2n) is 8.35. The number of benzene rings is 2. The maximum atomic E-state index is 13.8. The molecule has 1 saturated heterocycles. The zero-order valence-corrected chi connectivity index (χ0v) is 20.1. The molecule has 0 radical (unpaired) electrons. The molecule has 10 heteroatoms. The molecule has 0 aliphatic carbocycles. The molecule has 1 aromatic heterocycles. The summed E-state index contributed by atoms with van der Waals surface area (Å²) in [6.45, 7) is 3.32. The number of aromatic nitrogens is 2. The first-order valence-electron chi connectivity index (χ1n) is 11.8. The molecule has 0 unspecified atom stereocenters. The Labute approximate surface area is 208 Å². The van der Waals surface area contributed by atoms with Crippen LogP contribution in [0, 0.1) is 0 Å². The monoisotopic (exact) mass is 490 g/mol. The van der Waals surface area contributed by atoms with Crippen LogP contribution in [0.2, 0.25) is 0 Å². The van der Waals surface area contributed by atoms with Crippen molar-refractivity contribution in [3.63, 3.8) is 0 Å². The van der Waals surface area contributed by atoms with E-state index in [1.165, 1.54) is 4.68 Å². The van der Waals surface area contributed by atoms with Crippen molar-refractivity contribution in [1.29, 1.82) is 0 Å². The molecule has 0 N–H and O–H groups in total. The normalized spacial score (nSPS) is 15.4. The third-order valence-corrected chi connectivity index (χ3v) is 6.25. The van der Waals surface area contributed by atoms with Crippen molar-refractivity contribution in [2.45, 2.75) is 19.8 Å². The highest BCUT2D eigenvalue weighted by molar-refractivity contribution is 6.09. The average Bonchev–Trinajstić information content (AvgIpc) is 3.30. The van der Waals surface area contributed by atoms with E-state index in [1.807, 2.05) is 0 Å². The fraction of sp³-hybridized carbons (Fsp3) is 0.308. The van der Waals surface area contributed by atoms with Gasteiger partial charge in [-0.1, -0.05) is 0 Å². The van der Waals surface area contributed by atoms with Crippen molar-refractivity contribution in [3.8, 4) is 11.4 Å². The second kappa shape index (κ2) is 9.73. The van der Waals surface area contributed by atoms with Crippen molar-refractivity contribution in [3.05, 3.63) is 65.5 Å². The minimum absolute atomic E-state index is 0.148. The van der Waals surface area contributed by atoms with Crippen LogP contribution in [0.4, 0.5) is 16.2 Å². The van der Waals surface area contributed by atoms with Crippen molar-refractivity contribution < 1.29 is 28.6 Å². The van der Waals surface area contributed by atoms with Gasteiger partial charge in [0.15, 0.2) is 5.69 Å². The number of anilines is 2. The Hall–Kier alpha value is -4.34. The third-order valence-electron chi connectivity index (χ3n) is 6.25. The molecule has 186 valence electrons. The van der Waals surface area contributed by atoms with Crippen LogP contribution in [0.25, 0.3) is 5.69 Å². The predicted octanol–water partition coefficient (Wildman–Crippen LogP) is 3.61. The number of hydrogen-bond donors (Lipinski definition) is 0. The van der Waals surface area contributed by atoms with E-state index in [2.05, 4.69) is 5.10 Å². The lowest BCUT2D eigenvalue weighted by Crippen LogP contribution is -2.39. The lowest BCUT2D eigenvalue weighted by Gasteiger charge is -2.29. The molecule has 0 bridgehead atoms. The minimum Gasteiger partial charge on any atom is -0.497 e. The summed E-state index contributed by atoms with van der Waals surface area (Å²) in [6, 6.07) is 14.3. The summed E-state index contributed by atoms with van der Waals surface area (Å²) < 4.78 is 17.1. The molecule has 3 aromatic rings. The number of rotatable bonds is 6. The van der Waals surface area contributed by atoms with E-state index in [4.69, 9.17) is 14.2 Å². The van der Waals surface area contributed by atoms with Gasteiger partial charge in [-0.2, -0.15) is 5.10 Å². The van der Waals surface area contributed by atoms with Crippen molar-refractivity contribution in [2.75, 3.05) is 43.2 Å². The van der Waals surface area contributed by atoms with Crippen LogP contribution >= 0.6 is 0 Å². The Kier molecular flexibility index (Phi) is 6.32. The Morgan fingerprint density at radius 1 is 0.972 bits per heavy atom. The highest BCUT2D eigenvalue weighted by Crippen LogP contribution is 2.31. The van der Waals surface area contributed by atoms with Crippen molar-refractivity contribution >= 4 is 29.3 Å². The zero-order chi connectivity index (χ0) is 25.2. The fourth-order valence-electron chi connectivity index (χ4n) is 4.48. The SMILES string of the molecule is CCOC(=O)c1nn(-c2ccc(OC)cc2)c2c1CCN(c1ccc(N3CCCOC3=O)cc1)C2=O. The first-order chi connectivity index (χ1) is 17.5.